The summed E-state index contributed by atoms with van der Waals surface area (Å²) in [6, 6.07) is 21.8. The van der Waals surface area contributed by atoms with Crippen molar-refractivity contribution in [2.24, 2.45) is 0 Å². The Morgan fingerprint density at radius 3 is 2.45 bits per heavy atom. The standard InChI is InChI=1S/C26H23BrO6/c27-23-15-20(18-5-2-1-3-6-18)10-13-24(23)31-17-25(28)33-21-11-8-19(9-12-21)26(29)32-16-22-7-4-14-30-22/h1-3,5-6,8-13,15,22H,4,7,14,16-17H2. The Hall–Kier alpha value is -3.16. The number of hydrogen-bond donors (Lipinski definition) is 0. The lowest BCUT2D eigenvalue weighted by atomic mass is 10.1. The third kappa shape index (κ3) is 6.43. The molecule has 3 aromatic rings. The highest BCUT2D eigenvalue weighted by molar-refractivity contribution is 9.10. The molecule has 1 saturated heterocycles. The summed E-state index contributed by atoms with van der Waals surface area (Å²) >= 11 is 3.49. The van der Waals surface area contributed by atoms with Gasteiger partial charge in [0.2, 0.25) is 0 Å². The average Bonchev–Trinajstić information content (AvgIpc) is 3.36. The highest BCUT2D eigenvalue weighted by Gasteiger charge is 2.18. The Kier molecular flexibility index (Phi) is 7.75. The van der Waals surface area contributed by atoms with Gasteiger partial charge >= 0.3 is 11.9 Å². The van der Waals surface area contributed by atoms with Gasteiger partial charge in [-0.2, -0.15) is 0 Å². The number of hydrogen-bond acceptors (Lipinski definition) is 6. The second-order valence-corrected chi connectivity index (χ2v) is 8.39. The molecular formula is C26H23BrO6. The molecule has 0 radical (unpaired) electrons. The Balaban J connectivity index is 1.26. The third-order valence-corrected chi connectivity index (χ3v) is 5.75. The summed E-state index contributed by atoms with van der Waals surface area (Å²) in [7, 11) is 0. The van der Waals surface area contributed by atoms with Crippen LogP contribution in [0.4, 0.5) is 0 Å². The van der Waals surface area contributed by atoms with E-state index in [0.29, 0.717) is 23.7 Å². The topological polar surface area (TPSA) is 71.1 Å². The lowest BCUT2D eigenvalue weighted by Gasteiger charge is -2.11. The molecule has 0 aromatic heterocycles. The minimum absolute atomic E-state index is 0.0243. The number of carbonyl (C=O) groups excluding carboxylic acids is 2. The molecule has 1 aliphatic rings. The highest BCUT2D eigenvalue weighted by Crippen LogP contribution is 2.30. The van der Waals surface area contributed by atoms with Gasteiger partial charge in [-0.3, -0.25) is 0 Å². The van der Waals surface area contributed by atoms with Crippen LogP contribution >= 0.6 is 15.9 Å². The highest BCUT2D eigenvalue weighted by atomic mass is 79.9. The molecular weight excluding hydrogens is 488 g/mol. The van der Waals surface area contributed by atoms with Crippen molar-refractivity contribution in [2.45, 2.75) is 18.9 Å². The van der Waals surface area contributed by atoms with Crippen LogP contribution in [0.3, 0.4) is 0 Å². The molecule has 1 atom stereocenters. The van der Waals surface area contributed by atoms with Crippen molar-refractivity contribution in [1.29, 1.82) is 0 Å². The van der Waals surface area contributed by atoms with Gasteiger partial charge in [-0.25, -0.2) is 9.59 Å². The van der Waals surface area contributed by atoms with Crippen LogP contribution in [0.5, 0.6) is 11.5 Å². The minimum atomic E-state index is -0.553. The van der Waals surface area contributed by atoms with E-state index in [2.05, 4.69) is 15.9 Å². The van der Waals surface area contributed by atoms with E-state index in [0.717, 1.165) is 28.4 Å². The molecule has 0 saturated carbocycles. The molecule has 170 valence electrons. The van der Waals surface area contributed by atoms with E-state index in [1.54, 1.807) is 30.3 Å². The molecule has 0 aliphatic carbocycles. The number of carbonyl (C=O) groups is 2. The Morgan fingerprint density at radius 2 is 1.76 bits per heavy atom. The van der Waals surface area contributed by atoms with Gasteiger partial charge < -0.3 is 18.9 Å². The van der Waals surface area contributed by atoms with E-state index in [9.17, 15) is 9.59 Å². The third-order valence-electron chi connectivity index (χ3n) is 5.13. The van der Waals surface area contributed by atoms with E-state index in [-0.39, 0.29) is 19.3 Å². The first kappa shape index (κ1) is 23.0. The maximum atomic E-state index is 12.2. The smallest absolute Gasteiger partial charge is 0.349 e. The van der Waals surface area contributed by atoms with Gasteiger partial charge in [-0.05, 0) is 76.3 Å². The van der Waals surface area contributed by atoms with Crippen LogP contribution in [0.25, 0.3) is 11.1 Å². The van der Waals surface area contributed by atoms with Gasteiger partial charge in [-0.1, -0.05) is 36.4 Å². The van der Waals surface area contributed by atoms with E-state index in [1.807, 2.05) is 42.5 Å². The first-order valence-corrected chi connectivity index (χ1v) is 11.4. The molecule has 6 nitrogen and oxygen atoms in total. The van der Waals surface area contributed by atoms with E-state index >= 15 is 0 Å². The minimum Gasteiger partial charge on any atom is -0.481 e. The summed E-state index contributed by atoms with van der Waals surface area (Å²) in [6.07, 6.45) is 1.86. The second-order valence-electron chi connectivity index (χ2n) is 7.53. The van der Waals surface area contributed by atoms with E-state index < -0.39 is 11.9 Å². The molecule has 7 heteroatoms. The van der Waals surface area contributed by atoms with Crippen molar-refractivity contribution in [2.75, 3.05) is 19.8 Å². The van der Waals surface area contributed by atoms with Crippen LogP contribution in [0.1, 0.15) is 23.2 Å². The average molecular weight is 511 g/mol. The largest absolute Gasteiger partial charge is 0.481 e. The van der Waals surface area contributed by atoms with Gasteiger partial charge in [0.1, 0.15) is 18.1 Å². The van der Waals surface area contributed by atoms with E-state index in [4.69, 9.17) is 18.9 Å². The summed E-state index contributed by atoms with van der Waals surface area (Å²) in [4.78, 5) is 24.3. The molecule has 1 aliphatic heterocycles. The van der Waals surface area contributed by atoms with Crippen LogP contribution in [-0.4, -0.2) is 37.9 Å². The predicted octanol–water partition coefficient (Wildman–Crippen LogP) is 5.44. The summed E-state index contributed by atoms with van der Waals surface area (Å²) < 4.78 is 22.3. The Morgan fingerprint density at radius 1 is 0.970 bits per heavy atom. The van der Waals surface area contributed by atoms with Gasteiger partial charge in [0.25, 0.3) is 0 Å². The molecule has 33 heavy (non-hydrogen) atoms. The molecule has 4 rings (SSSR count). The Bertz CT molecular complexity index is 1090. The van der Waals surface area contributed by atoms with Crippen molar-refractivity contribution < 1.29 is 28.5 Å². The molecule has 0 amide bonds. The fraction of sp³-hybridized carbons (Fsp3) is 0.231. The zero-order valence-corrected chi connectivity index (χ0v) is 19.5. The van der Waals surface area contributed by atoms with Crippen molar-refractivity contribution >= 4 is 27.9 Å². The van der Waals surface area contributed by atoms with Crippen LogP contribution in [0.15, 0.2) is 77.3 Å². The van der Waals surface area contributed by atoms with Crippen LogP contribution in [0, 0.1) is 0 Å². The summed E-state index contributed by atoms with van der Waals surface area (Å²) in [5, 5.41) is 0. The fourth-order valence-electron chi connectivity index (χ4n) is 3.41. The van der Waals surface area contributed by atoms with Crippen molar-refractivity contribution in [3.05, 3.63) is 82.8 Å². The molecule has 0 N–H and O–H groups in total. The van der Waals surface area contributed by atoms with Gasteiger partial charge in [-0.15, -0.1) is 0 Å². The monoisotopic (exact) mass is 510 g/mol. The second kappa shape index (κ2) is 11.1. The number of benzene rings is 3. The number of rotatable bonds is 8. The zero-order chi connectivity index (χ0) is 23.0. The summed E-state index contributed by atoms with van der Waals surface area (Å²) in [5.74, 6) is -0.132. The SMILES string of the molecule is O=C(COc1ccc(-c2ccccc2)cc1Br)Oc1ccc(C(=O)OCC2CCCO2)cc1. The summed E-state index contributed by atoms with van der Waals surface area (Å²) in [5.41, 5.74) is 2.50. The molecule has 0 spiro atoms. The van der Waals surface area contributed by atoms with Crippen molar-refractivity contribution in [3.63, 3.8) is 0 Å². The van der Waals surface area contributed by atoms with Gasteiger partial charge in [0, 0.05) is 6.61 Å². The lowest BCUT2D eigenvalue weighted by Crippen LogP contribution is -2.18. The lowest BCUT2D eigenvalue weighted by molar-refractivity contribution is -0.136. The fourth-order valence-corrected chi connectivity index (χ4v) is 3.91. The molecule has 1 heterocycles. The molecule has 3 aromatic carbocycles. The van der Waals surface area contributed by atoms with Crippen molar-refractivity contribution in [3.8, 4) is 22.6 Å². The summed E-state index contributed by atoms with van der Waals surface area (Å²) in [6.45, 7) is 0.700. The molecule has 1 fully saturated rings. The number of ether oxygens (including phenoxy) is 4. The first-order chi connectivity index (χ1) is 16.1. The normalized spacial score (nSPS) is 15.1. The quantitative estimate of drug-likeness (QED) is 0.297. The van der Waals surface area contributed by atoms with Crippen LogP contribution < -0.4 is 9.47 Å². The first-order valence-electron chi connectivity index (χ1n) is 10.7. The molecule has 1 unspecified atom stereocenters. The van der Waals surface area contributed by atoms with Crippen molar-refractivity contribution in [1.82, 2.24) is 0 Å². The number of esters is 2. The zero-order valence-electron chi connectivity index (χ0n) is 17.9. The van der Waals surface area contributed by atoms with Crippen LogP contribution in [-0.2, 0) is 14.3 Å². The maximum Gasteiger partial charge on any atom is 0.349 e. The van der Waals surface area contributed by atoms with Gasteiger partial charge in [0.05, 0.1) is 16.1 Å². The Labute approximate surface area is 200 Å². The molecule has 0 bridgehead atoms. The number of halogens is 1. The maximum absolute atomic E-state index is 12.2. The predicted molar refractivity (Wildman–Crippen MR) is 126 cm³/mol. The van der Waals surface area contributed by atoms with Crippen LogP contribution in [0.2, 0.25) is 0 Å². The van der Waals surface area contributed by atoms with E-state index in [1.165, 1.54) is 0 Å². The van der Waals surface area contributed by atoms with Gasteiger partial charge in [0.15, 0.2) is 6.61 Å².